The van der Waals surface area contributed by atoms with E-state index in [0.717, 1.165) is 15.4 Å². The van der Waals surface area contributed by atoms with E-state index in [0.29, 0.717) is 0 Å². The number of carboxylic acids is 1. The molecule has 0 bridgehead atoms. The van der Waals surface area contributed by atoms with E-state index in [4.69, 9.17) is 5.11 Å². The molecule has 1 N–H and O–H groups in total. The molecule has 0 spiro atoms. The third-order valence-electron chi connectivity index (χ3n) is 1.92. The molecule has 0 atom stereocenters. The van der Waals surface area contributed by atoms with Crippen molar-refractivity contribution >= 4 is 32.8 Å². The molecule has 72 valence electrons. The van der Waals surface area contributed by atoms with E-state index in [-0.39, 0.29) is 6.54 Å². The maximum absolute atomic E-state index is 10.5. The van der Waals surface area contributed by atoms with Crippen LogP contribution in [0, 0.1) is 0 Å². The van der Waals surface area contributed by atoms with Gasteiger partial charge in [-0.05, 0) is 12.1 Å². The lowest BCUT2D eigenvalue weighted by molar-refractivity contribution is -0.137. The molecule has 0 unspecified atom stereocenters. The van der Waals surface area contributed by atoms with Crippen LogP contribution in [0.4, 0.5) is 0 Å². The fourth-order valence-electron chi connectivity index (χ4n) is 1.32. The van der Waals surface area contributed by atoms with Crippen LogP contribution < -0.4 is 0 Å². The zero-order valence-electron chi connectivity index (χ0n) is 7.14. The van der Waals surface area contributed by atoms with Crippen molar-refractivity contribution in [2.75, 3.05) is 0 Å². The van der Waals surface area contributed by atoms with Gasteiger partial charge < -0.3 is 5.11 Å². The van der Waals surface area contributed by atoms with Gasteiger partial charge in [0, 0.05) is 9.86 Å². The van der Waals surface area contributed by atoms with Gasteiger partial charge in [-0.15, -0.1) is 0 Å². The number of benzene rings is 1. The first-order valence-corrected chi connectivity index (χ1v) is 4.79. The van der Waals surface area contributed by atoms with Crippen molar-refractivity contribution in [2.45, 2.75) is 6.54 Å². The molecule has 0 fully saturated rings. The van der Waals surface area contributed by atoms with Crippen LogP contribution in [0.1, 0.15) is 0 Å². The Kier molecular flexibility index (Phi) is 2.25. The molecule has 0 aliphatic rings. The Bertz CT molecular complexity index is 493. The third kappa shape index (κ3) is 1.50. The number of nitrogens with zero attached hydrogens (tertiary/aromatic N) is 2. The minimum Gasteiger partial charge on any atom is -0.480 e. The Morgan fingerprint density at radius 3 is 3.07 bits per heavy atom. The molecule has 1 heterocycles. The van der Waals surface area contributed by atoms with Crippen LogP contribution >= 0.6 is 15.9 Å². The molecule has 0 aliphatic heterocycles. The number of carbonyl (C=O) groups is 1. The Labute approximate surface area is 88.3 Å². The molecule has 2 rings (SSSR count). The van der Waals surface area contributed by atoms with Crippen LogP contribution in [-0.4, -0.2) is 20.9 Å². The van der Waals surface area contributed by atoms with Gasteiger partial charge in [0.2, 0.25) is 0 Å². The Balaban J connectivity index is 2.58. The quantitative estimate of drug-likeness (QED) is 0.891. The number of halogens is 1. The number of rotatable bonds is 2. The summed E-state index contributed by atoms with van der Waals surface area (Å²) in [6.07, 6.45) is 1.66. The van der Waals surface area contributed by atoms with Gasteiger partial charge in [-0.3, -0.25) is 9.48 Å². The van der Waals surface area contributed by atoms with Gasteiger partial charge in [0.15, 0.2) is 0 Å². The number of aromatic nitrogens is 2. The zero-order valence-corrected chi connectivity index (χ0v) is 8.73. The Morgan fingerprint density at radius 1 is 1.57 bits per heavy atom. The van der Waals surface area contributed by atoms with Crippen LogP contribution in [-0.2, 0) is 11.3 Å². The first-order chi connectivity index (χ1) is 6.68. The van der Waals surface area contributed by atoms with E-state index in [9.17, 15) is 4.79 Å². The number of fused-ring (bicyclic) bond motifs is 1. The smallest absolute Gasteiger partial charge is 0.325 e. The summed E-state index contributed by atoms with van der Waals surface area (Å²) in [5.41, 5.74) is 0.821. The molecule has 1 aromatic carbocycles. The van der Waals surface area contributed by atoms with Crippen LogP contribution in [0.25, 0.3) is 10.9 Å². The molecule has 0 radical (unpaired) electrons. The van der Waals surface area contributed by atoms with E-state index in [1.807, 2.05) is 18.2 Å². The van der Waals surface area contributed by atoms with Crippen LogP contribution in [0.5, 0.6) is 0 Å². The molecule has 0 aliphatic carbocycles. The average molecular weight is 255 g/mol. The minimum absolute atomic E-state index is 0.111. The highest BCUT2D eigenvalue weighted by atomic mass is 79.9. The number of carboxylic acid groups (broad SMARTS) is 1. The normalized spacial score (nSPS) is 10.6. The highest BCUT2D eigenvalue weighted by Crippen LogP contribution is 2.22. The van der Waals surface area contributed by atoms with Gasteiger partial charge in [0.1, 0.15) is 6.54 Å². The van der Waals surface area contributed by atoms with Crippen LogP contribution in [0.15, 0.2) is 28.9 Å². The number of aliphatic carboxylic acids is 1. The highest BCUT2D eigenvalue weighted by molar-refractivity contribution is 9.10. The monoisotopic (exact) mass is 254 g/mol. The van der Waals surface area contributed by atoms with Gasteiger partial charge in [0.25, 0.3) is 0 Å². The molecule has 0 saturated heterocycles. The second-order valence-electron chi connectivity index (χ2n) is 2.87. The van der Waals surface area contributed by atoms with Crippen molar-refractivity contribution in [1.82, 2.24) is 9.78 Å². The molecule has 4 nitrogen and oxygen atoms in total. The fraction of sp³-hybridized carbons (Fsp3) is 0.111. The first-order valence-electron chi connectivity index (χ1n) is 4.00. The topological polar surface area (TPSA) is 55.1 Å². The number of hydrogen-bond acceptors (Lipinski definition) is 2. The largest absolute Gasteiger partial charge is 0.480 e. The van der Waals surface area contributed by atoms with Crippen LogP contribution in [0.2, 0.25) is 0 Å². The molecular formula is C9H7BrN2O2. The molecule has 0 amide bonds. The molecule has 14 heavy (non-hydrogen) atoms. The summed E-state index contributed by atoms with van der Waals surface area (Å²) in [4.78, 5) is 10.5. The molecule has 1 aromatic heterocycles. The summed E-state index contributed by atoms with van der Waals surface area (Å²) in [5.74, 6) is -0.894. The van der Waals surface area contributed by atoms with Gasteiger partial charge >= 0.3 is 5.97 Å². The van der Waals surface area contributed by atoms with Crippen molar-refractivity contribution in [3.05, 3.63) is 28.9 Å². The summed E-state index contributed by atoms with van der Waals surface area (Å²) < 4.78 is 2.38. The number of hydrogen-bond donors (Lipinski definition) is 1. The zero-order chi connectivity index (χ0) is 10.1. The van der Waals surface area contributed by atoms with Crippen molar-refractivity contribution in [1.29, 1.82) is 0 Å². The summed E-state index contributed by atoms with van der Waals surface area (Å²) in [6, 6.07) is 5.59. The maximum Gasteiger partial charge on any atom is 0.325 e. The Morgan fingerprint density at radius 2 is 2.36 bits per heavy atom. The average Bonchev–Trinajstić information content (AvgIpc) is 2.49. The predicted molar refractivity (Wildman–Crippen MR) is 55.1 cm³/mol. The van der Waals surface area contributed by atoms with E-state index in [1.54, 1.807) is 6.20 Å². The Hall–Kier alpha value is -1.36. The lowest BCUT2D eigenvalue weighted by Crippen LogP contribution is -2.09. The first kappa shape index (κ1) is 9.21. The SMILES string of the molecule is O=C(O)Cn1ncc2c(Br)cccc21. The standard InChI is InChI=1S/C9H7BrN2O2/c10-7-2-1-3-8-6(7)4-11-12(8)5-9(13)14/h1-4H,5H2,(H,13,14). The highest BCUT2D eigenvalue weighted by Gasteiger charge is 2.07. The minimum atomic E-state index is -0.894. The molecule has 5 heteroatoms. The summed E-state index contributed by atoms with van der Waals surface area (Å²) >= 11 is 3.38. The van der Waals surface area contributed by atoms with Crippen molar-refractivity contribution < 1.29 is 9.90 Å². The van der Waals surface area contributed by atoms with Crippen molar-refractivity contribution in [3.63, 3.8) is 0 Å². The van der Waals surface area contributed by atoms with Gasteiger partial charge in [0.05, 0.1) is 11.7 Å². The van der Waals surface area contributed by atoms with Gasteiger partial charge in [-0.25, -0.2) is 0 Å². The van der Waals surface area contributed by atoms with E-state index in [2.05, 4.69) is 21.0 Å². The van der Waals surface area contributed by atoms with Crippen LogP contribution in [0.3, 0.4) is 0 Å². The summed E-state index contributed by atoms with van der Waals surface area (Å²) in [7, 11) is 0. The molecular weight excluding hydrogens is 248 g/mol. The van der Waals surface area contributed by atoms with E-state index in [1.165, 1.54) is 4.68 Å². The molecule has 0 saturated carbocycles. The summed E-state index contributed by atoms with van der Waals surface area (Å²) in [5, 5.41) is 13.6. The lowest BCUT2D eigenvalue weighted by atomic mass is 10.2. The van der Waals surface area contributed by atoms with Crippen molar-refractivity contribution in [3.8, 4) is 0 Å². The van der Waals surface area contributed by atoms with E-state index >= 15 is 0 Å². The summed E-state index contributed by atoms with van der Waals surface area (Å²) in [6.45, 7) is -0.111. The van der Waals surface area contributed by atoms with Gasteiger partial charge in [-0.1, -0.05) is 22.0 Å². The fourth-order valence-corrected chi connectivity index (χ4v) is 1.78. The van der Waals surface area contributed by atoms with Gasteiger partial charge in [-0.2, -0.15) is 5.10 Å². The van der Waals surface area contributed by atoms with E-state index < -0.39 is 5.97 Å². The second kappa shape index (κ2) is 3.42. The third-order valence-corrected chi connectivity index (χ3v) is 2.61. The maximum atomic E-state index is 10.5. The predicted octanol–water partition coefficient (Wildman–Crippen LogP) is 1.88. The molecule has 2 aromatic rings. The second-order valence-corrected chi connectivity index (χ2v) is 3.72. The lowest BCUT2D eigenvalue weighted by Gasteiger charge is -1.98. The van der Waals surface area contributed by atoms with Crippen molar-refractivity contribution in [2.24, 2.45) is 0 Å².